The Bertz CT molecular complexity index is 3160. The molecule has 4 heteroatoms. The maximum atomic E-state index is 5.44. The van der Waals surface area contributed by atoms with Crippen molar-refractivity contribution >= 4 is 65.3 Å². The minimum absolute atomic E-state index is 0.651. The Kier molecular flexibility index (Phi) is 6.22. The lowest BCUT2D eigenvalue weighted by Crippen LogP contribution is -2.03. The van der Waals surface area contributed by atoms with E-state index in [1.807, 2.05) is 0 Å². The van der Waals surface area contributed by atoms with Crippen LogP contribution in [0.5, 0.6) is 0 Å². The molecule has 8 aromatic carbocycles. The molecular formula is C48H30N4. The summed E-state index contributed by atoms with van der Waals surface area (Å²) in [5.74, 6) is 0.651. The van der Waals surface area contributed by atoms with E-state index in [4.69, 9.17) is 9.97 Å². The first-order chi connectivity index (χ1) is 25.8. The molecule has 0 unspecified atom stereocenters. The molecule has 0 saturated heterocycles. The lowest BCUT2D eigenvalue weighted by atomic mass is 10.0. The van der Waals surface area contributed by atoms with Crippen LogP contribution in [-0.4, -0.2) is 19.1 Å². The number of fused-ring (bicyclic) bond motifs is 8. The van der Waals surface area contributed by atoms with Gasteiger partial charge in [-0.3, -0.25) is 4.57 Å². The van der Waals surface area contributed by atoms with Crippen molar-refractivity contribution in [2.75, 3.05) is 0 Å². The summed E-state index contributed by atoms with van der Waals surface area (Å²) in [6, 6.07) is 64.9. The van der Waals surface area contributed by atoms with Crippen molar-refractivity contribution in [3.05, 3.63) is 182 Å². The number of aromatic nitrogens is 4. The summed E-state index contributed by atoms with van der Waals surface area (Å²) in [4.78, 5) is 10.7. The van der Waals surface area contributed by atoms with Crippen molar-refractivity contribution in [1.82, 2.24) is 19.1 Å². The van der Waals surface area contributed by atoms with Crippen molar-refractivity contribution in [3.63, 3.8) is 0 Å². The summed E-state index contributed by atoms with van der Waals surface area (Å²) < 4.78 is 4.65. The third kappa shape index (κ3) is 4.34. The third-order valence-electron chi connectivity index (χ3n) is 10.5. The van der Waals surface area contributed by atoms with Gasteiger partial charge in [-0.05, 0) is 70.4 Å². The summed E-state index contributed by atoms with van der Waals surface area (Å²) in [5, 5.41) is 8.22. The molecule has 0 spiro atoms. The number of hydrogen-bond acceptors (Lipinski definition) is 2. The molecule has 11 rings (SSSR count). The number of hydrogen-bond donors (Lipinski definition) is 0. The van der Waals surface area contributed by atoms with Crippen molar-refractivity contribution in [1.29, 1.82) is 0 Å². The van der Waals surface area contributed by atoms with E-state index in [9.17, 15) is 0 Å². The van der Waals surface area contributed by atoms with Gasteiger partial charge in [-0.25, -0.2) is 9.97 Å². The molecule has 52 heavy (non-hydrogen) atoms. The fourth-order valence-electron chi connectivity index (χ4n) is 8.07. The van der Waals surface area contributed by atoms with Gasteiger partial charge in [-0.2, -0.15) is 0 Å². The van der Waals surface area contributed by atoms with E-state index in [0.29, 0.717) is 5.95 Å². The lowest BCUT2D eigenvalue weighted by Gasteiger charge is -2.13. The third-order valence-corrected chi connectivity index (χ3v) is 10.5. The van der Waals surface area contributed by atoms with Crippen LogP contribution in [0.2, 0.25) is 0 Å². The van der Waals surface area contributed by atoms with E-state index in [-0.39, 0.29) is 0 Å². The fourth-order valence-corrected chi connectivity index (χ4v) is 8.07. The Morgan fingerprint density at radius 3 is 1.69 bits per heavy atom. The number of para-hydroxylation sites is 3. The zero-order valence-corrected chi connectivity index (χ0v) is 28.1. The van der Waals surface area contributed by atoms with E-state index in [1.165, 1.54) is 49.0 Å². The first-order valence-corrected chi connectivity index (χ1v) is 17.7. The SMILES string of the molecule is c1ccc(-c2ccc(-c3nc(-n4c5cc6ccccc6cc5c5cc6c7ccccc7n(-c7ccccc7)c6cc54)nc4ccccc34)cc2)cc1. The van der Waals surface area contributed by atoms with Crippen LogP contribution in [0.15, 0.2) is 182 Å². The van der Waals surface area contributed by atoms with Crippen LogP contribution >= 0.6 is 0 Å². The van der Waals surface area contributed by atoms with Crippen molar-refractivity contribution in [3.8, 4) is 34.0 Å². The van der Waals surface area contributed by atoms with Gasteiger partial charge in [0.15, 0.2) is 0 Å². The van der Waals surface area contributed by atoms with E-state index in [2.05, 4.69) is 191 Å². The molecule has 0 radical (unpaired) electrons. The van der Waals surface area contributed by atoms with E-state index in [1.54, 1.807) is 0 Å². The quantitative estimate of drug-likeness (QED) is 0.188. The second-order valence-electron chi connectivity index (χ2n) is 13.5. The maximum Gasteiger partial charge on any atom is 0.235 e. The van der Waals surface area contributed by atoms with Crippen LogP contribution in [0.1, 0.15) is 0 Å². The van der Waals surface area contributed by atoms with Crippen molar-refractivity contribution in [2.45, 2.75) is 0 Å². The molecule has 4 nitrogen and oxygen atoms in total. The van der Waals surface area contributed by atoms with Gasteiger partial charge in [0.1, 0.15) is 0 Å². The molecule has 0 saturated carbocycles. The first kappa shape index (κ1) is 28.8. The normalized spacial score (nSPS) is 11.8. The summed E-state index contributed by atoms with van der Waals surface area (Å²) in [5.41, 5.74) is 10.8. The van der Waals surface area contributed by atoms with Gasteiger partial charge in [0.2, 0.25) is 5.95 Å². The average molecular weight is 663 g/mol. The molecule has 0 aliphatic carbocycles. The van der Waals surface area contributed by atoms with Crippen LogP contribution in [0, 0.1) is 0 Å². The van der Waals surface area contributed by atoms with E-state index in [0.717, 1.165) is 44.4 Å². The zero-order valence-electron chi connectivity index (χ0n) is 28.1. The van der Waals surface area contributed by atoms with Crippen LogP contribution in [0.3, 0.4) is 0 Å². The molecule has 242 valence electrons. The Morgan fingerprint density at radius 2 is 0.885 bits per heavy atom. The van der Waals surface area contributed by atoms with Gasteiger partial charge in [0.05, 0.1) is 33.3 Å². The highest BCUT2D eigenvalue weighted by Gasteiger charge is 2.21. The highest BCUT2D eigenvalue weighted by Crippen LogP contribution is 2.41. The topological polar surface area (TPSA) is 35.6 Å². The van der Waals surface area contributed by atoms with Crippen molar-refractivity contribution in [2.24, 2.45) is 0 Å². The van der Waals surface area contributed by atoms with Crippen LogP contribution in [-0.2, 0) is 0 Å². The summed E-state index contributed by atoms with van der Waals surface area (Å²) in [6.07, 6.45) is 0. The minimum Gasteiger partial charge on any atom is -0.309 e. The summed E-state index contributed by atoms with van der Waals surface area (Å²) in [6.45, 7) is 0. The van der Waals surface area contributed by atoms with Crippen LogP contribution in [0.4, 0.5) is 0 Å². The monoisotopic (exact) mass is 662 g/mol. The lowest BCUT2D eigenvalue weighted by molar-refractivity contribution is 1.01. The van der Waals surface area contributed by atoms with Crippen LogP contribution in [0.25, 0.3) is 99.3 Å². The summed E-state index contributed by atoms with van der Waals surface area (Å²) >= 11 is 0. The molecule has 0 bridgehead atoms. The van der Waals surface area contributed by atoms with Crippen molar-refractivity contribution < 1.29 is 0 Å². The smallest absolute Gasteiger partial charge is 0.235 e. The van der Waals surface area contributed by atoms with Gasteiger partial charge in [0.25, 0.3) is 0 Å². The fraction of sp³-hybridized carbons (Fsp3) is 0. The Balaban J connectivity index is 1.24. The Morgan fingerprint density at radius 1 is 0.327 bits per heavy atom. The Labute approximate surface area is 299 Å². The average Bonchev–Trinajstić information content (AvgIpc) is 3.70. The molecule has 0 amide bonds. The number of rotatable bonds is 4. The Hall–Kier alpha value is -7.04. The molecular weight excluding hydrogens is 633 g/mol. The second-order valence-corrected chi connectivity index (χ2v) is 13.5. The highest BCUT2D eigenvalue weighted by atomic mass is 15.2. The highest BCUT2D eigenvalue weighted by molar-refractivity contribution is 6.20. The van der Waals surface area contributed by atoms with Gasteiger partial charge < -0.3 is 4.57 Å². The standard InChI is InChI=1S/C48H30N4/c1-3-13-31(14-4-1)32-23-25-33(26-24-32)47-38-20-9-11-21-42(38)49-48(50-47)52-44-28-35-16-8-7-15-34(35)27-39(44)41-29-40-37-19-10-12-22-43(37)51(45(40)30-46(41)52)36-17-5-2-6-18-36/h1-30H. The predicted octanol–water partition coefficient (Wildman–Crippen LogP) is 12.3. The van der Waals surface area contributed by atoms with E-state index < -0.39 is 0 Å². The summed E-state index contributed by atoms with van der Waals surface area (Å²) in [7, 11) is 0. The van der Waals surface area contributed by atoms with Gasteiger partial charge >= 0.3 is 0 Å². The van der Waals surface area contributed by atoms with Gasteiger partial charge in [0, 0.05) is 38.2 Å². The molecule has 3 aromatic heterocycles. The van der Waals surface area contributed by atoms with Gasteiger partial charge in [-0.1, -0.05) is 133 Å². The number of benzene rings is 8. The number of nitrogens with zero attached hydrogens (tertiary/aromatic N) is 4. The molecule has 0 atom stereocenters. The minimum atomic E-state index is 0.651. The van der Waals surface area contributed by atoms with E-state index >= 15 is 0 Å². The molecule has 0 aliphatic heterocycles. The molecule has 0 fully saturated rings. The van der Waals surface area contributed by atoms with Gasteiger partial charge in [-0.15, -0.1) is 0 Å². The molecule has 3 heterocycles. The zero-order chi connectivity index (χ0) is 34.2. The predicted molar refractivity (Wildman–Crippen MR) is 217 cm³/mol. The largest absolute Gasteiger partial charge is 0.309 e. The molecule has 0 N–H and O–H groups in total. The first-order valence-electron chi connectivity index (χ1n) is 17.7. The molecule has 0 aliphatic rings. The molecule has 11 aromatic rings. The maximum absolute atomic E-state index is 5.44. The second kappa shape index (κ2) is 11.2. The van der Waals surface area contributed by atoms with Crippen LogP contribution < -0.4 is 0 Å².